The van der Waals surface area contributed by atoms with E-state index in [4.69, 9.17) is 15.0 Å². The molecule has 5 heteroatoms. The average molecular weight is 239 g/mol. The van der Waals surface area contributed by atoms with Gasteiger partial charge in [0.05, 0.1) is 0 Å². The molecule has 1 fully saturated rings. The number of ether oxygens (including phenoxy) is 1. The third-order valence-electron chi connectivity index (χ3n) is 3.62. The Morgan fingerprint density at radius 2 is 2.18 bits per heavy atom. The molecule has 0 aliphatic heterocycles. The third-order valence-corrected chi connectivity index (χ3v) is 3.62. The van der Waals surface area contributed by atoms with Gasteiger partial charge in [-0.05, 0) is 25.7 Å². The van der Waals surface area contributed by atoms with Crippen molar-refractivity contribution in [3.8, 4) is 0 Å². The molecule has 1 aromatic heterocycles. The molecule has 2 unspecified atom stereocenters. The molecule has 0 amide bonds. The maximum absolute atomic E-state index is 6.17. The van der Waals surface area contributed by atoms with E-state index in [0.717, 1.165) is 0 Å². The summed E-state index contributed by atoms with van der Waals surface area (Å²) >= 11 is 0. The van der Waals surface area contributed by atoms with Gasteiger partial charge >= 0.3 is 0 Å². The maximum atomic E-state index is 6.17. The van der Waals surface area contributed by atoms with Crippen molar-refractivity contribution in [1.82, 2.24) is 10.1 Å². The van der Waals surface area contributed by atoms with E-state index >= 15 is 0 Å². The van der Waals surface area contributed by atoms with Gasteiger partial charge in [-0.3, -0.25) is 0 Å². The van der Waals surface area contributed by atoms with Crippen LogP contribution in [0, 0.1) is 5.92 Å². The summed E-state index contributed by atoms with van der Waals surface area (Å²) in [5.74, 6) is 1.84. The van der Waals surface area contributed by atoms with E-state index in [1.54, 1.807) is 7.11 Å². The van der Waals surface area contributed by atoms with Crippen LogP contribution in [0.5, 0.6) is 0 Å². The second kappa shape index (κ2) is 5.60. The predicted molar refractivity (Wildman–Crippen MR) is 63.4 cm³/mol. The minimum absolute atomic E-state index is 0.129. The van der Waals surface area contributed by atoms with E-state index in [-0.39, 0.29) is 12.1 Å². The SMILES string of the molecule is COC(C)c1noc(CC(N)C2CCCC2)n1. The second-order valence-electron chi connectivity index (χ2n) is 4.84. The van der Waals surface area contributed by atoms with E-state index in [1.165, 1.54) is 25.7 Å². The Balaban J connectivity index is 1.91. The normalized spacial score (nSPS) is 20.6. The average Bonchev–Trinajstić information content (AvgIpc) is 2.98. The standard InChI is InChI=1S/C12H21N3O2/c1-8(16-2)12-14-11(17-15-12)7-10(13)9-5-3-4-6-9/h8-10H,3-7,13H2,1-2H3. The van der Waals surface area contributed by atoms with Gasteiger partial charge in [-0.2, -0.15) is 4.98 Å². The van der Waals surface area contributed by atoms with Crippen molar-refractivity contribution in [2.45, 2.75) is 51.2 Å². The molecule has 0 saturated heterocycles. The Hall–Kier alpha value is -0.940. The minimum Gasteiger partial charge on any atom is -0.374 e. The molecule has 0 bridgehead atoms. The lowest BCUT2D eigenvalue weighted by Gasteiger charge is -2.16. The summed E-state index contributed by atoms with van der Waals surface area (Å²) in [6, 6.07) is 0.142. The second-order valence-corrected chi connectivity index (χ2v) is 4.84. The topological polar surface area (TPSA) is 74.2 Å². The van der Waals surface area contributed by atoms with Crippen molar-refractivity contribution >= 4 is 0 Å². The first-order chi connectivity index (χ1) is 8.20. The lowest BCUT2D eigenvalue weighted by Crippen LogP contribution is -2.30. The van der Waals surface area contributed by atoms with E-state index in [0.29, 0.717) is 24.1 Å². The number of hydrogen-bond acceptors (Lipinski definition) is 5. The fraction of sp³-hybridized carbons (Fsp3) is 0.833. The van der Waals surface area contributed by atoms with Crippen LogP contribution < -0.4 is 5.73 Å². The van der Waals surface area contributed by atoms with Gasteiger partial charge in [-0.25, -0.2) is 0 Å². The maximum Gasteiger partial charge on any atom is 0.228 e. The van der Waals surface area contributed by atoms with Crippen LogP contribution >= 0.6 is 0 Å². The Kier molecular flexibility index (Phi) is 4.12. The highest BCUT2D eigenvalue weighted by molar-refractivity contribution is 4.93. The molecule has 2 N–H and O–H groups in total. The van der Waals surface area contributed by atoms with Gasteiger partial charge in [0.1, 0.15) is 6.10 Å². The highest BCUT2D eigenvalue weighted by Crippen LogP contribution is 2.28. The Morgan fingerprint density at radius 3 is 2.82 bits per heavy atom. The molecular formula is C12H21N3O2. The van der Waals surface area contributed by atoms with E-state index in [1.807, 2.05) is 6.92 Å². The highest BCUT2D eigenvalue weighted by Gasteiger charge is 2.24. The monoisotopic (exact) mass is 239 g/mol. The summed E-state index contributed by atoms with van der Waals surface area (Å²) < 4.78 is 10.3. The number of hydrogen-bond donors (Lipinski definition) is 1. The van der Waals surface area contributed by atoms with E-state index < -0.39 is 0 Å². The van der Waals surface area contributed by atoms with Gasteiger partial charge in [0.2, 0.25) is 5.89 Å². The Bertz CT molecular complexity index is 347. The highest BCUT2D eigenvalue weighted by atomic mass is 16.5. The molecular weight excluding hydrogens is 218 g/mol. The number of nitrogens with two attached hydrogens (primary N) is 1. The van der Waals surface area contributed by atoms with Crippen LogP contribution in [0.25, 0.3) is 0 Å². The van der Waals surface area contributed by atoms with Crippen molar-refractivity contribution in [2.24, 2.45) is 11.7 Å². The molecule has 5 nitrogen and oxygen atoms in total. The quantitative estimate of drug-likeness (QED) is 0.848. The van der Waals surface area contributed by atoms with Gasteiger partial charge in [0.15, 0.2) is 5.82 Å². The molecule has 17 heavy (non-hydrogen) atoms. The number of aromatic nitrogens is 2. The zero-order valence-electron chi connectivity index (χ0n) is 10.6. The molecule has 0 radical (unpaired) electrons. The Morgan fingerprint density at radius 1 is 1.47 bits per heavy atom. The minimum atomic E-state index is -0.129. The molecule has 2 atom stereocenters. The molecule has 1 aliphatic rings. The van der Waals surface area contributed by atoms with Crippen LogP contribution in [0.4, 0.5) is 0 Å². The first-order valence-corrected chi connectivity index (χ1v) is 6.31. The molecule has 0 aromatic carbocycles. The molecule has 1 aromatic rings. The van der Waals surface area contributed by atoms with Crippen LogP contribution in [0.1, 0.15) is 50.4 Å². The van der Waals surface area contributed by atoms with Gasteiger partial charge in [-0.1, -0.05) is 18.0 Å². The number of rotatable bonds is 5. The molecule has 2 rings (SSSR count). The van der Waals surface area contributed by atoms with Crippen molar-refractivity contribution < 1.29 is 9.26 Å². The Labute approximate surface area is 102 Å². The summed E-state index contributed by atoms with van der Waals surface area (Å²) in [6.07, 6.45) is 5.61. The predicted octanol–water partition coefficient (Wildman–Crippen LogP) is 1.84. The summed E-state index contributed by atoms with van der Waals surface area (Å²) in [5, 5.41) is 3.90. The summed E-state index contributed by atoms with van der Waals surface area (Å²) in [5.41, 5.74) is 6.17. The van der Waals surface area contributed by atoms with Crippen molar-refractivity contribution in [3.05, 3.63) is 11.7 Å². The van der Waals surface area contributed by atoms with Gasteiger partial charge in [0.25, 0.3) is 0 Å². The van der Waals surface area contributed by atoms with E-state index in [2.05, 4.69) is 10.1 Å². The number of methoxy groups -OCH3 is 1. The fourth-order valence-electron chi connectivity index (χ4n) is 2.38. The van der Waals surface area contributed by atoms with Crippen LogP contribution in [0.3, 0.4) is 0 Å². The van der Waals surface area contributed by atoms with Crippen LogP contribution in [-0.2, 0) is 11.2 Å². The van der Waals surface area contributed by atoms with Crippen molar-refractivity contribution in [1.29, 1.82) is 0 Å². The third kappa shape index (κ3) is 3.04. The first-order valence-electron chi connectivity index (χ1n) is 6.31. The molecule has 1 saturated carbocycles. The first kappa shape index (κ1) is 12.5. The fourth-order valence-corrected chi connectivity index (χ4v) is 2.38. The van der Waals surface area contributed by atoms with Crippen LogP contribution in [-0.4, -0.2) is 23.3 Å². The molecule has 1 aliphatic carbocycles. The lowest BCUT2D eigenvalue weighted by atomic mass is 9.96. The molecule has 1 heterocycles. The molecule has 0 spiro atoms. The van der Waals surface area contributed by atoms with E-state index in [9.17, 15) is 0 Å². The summed E-state index contributed by atoms with van der Waals surface area (Å²) in [7, 11) is 1.63. The molecule has 96 valence electrons. The summed E-state index contributed by atoms with van der Waals surface area (Å²) in [6.45, 7) is 1.89. The largest absolute Gasteiger partial charge is 0.374 e. The zero-order chi connectivity index (χ0) is 12.3. The van der Waals surface area contributed by atoms with Crippen LogP contribution in [0.2, 0.25) is 0 Å². The van der Waals surface area contributed by atoms with Crippen molar-refractivity contribution in [2.75, 3.05) is 7.11 Å². The van der Waals surface area contributed by atoms with Crippen molar-refractivity contribution in [3.63, 3.8) is 0 Å². The van der Waals surface area contributed by atoms with Gasteiger partial charge < -0.3 is 15.0 Å². The van der Waals surface area contributed by atoms with Gasteiger partial charge in [-0.15, -0.1) is 0 Å². The number of nitrogens with zero attached hydrogens (tertiary/aromatic N) is 2. The lowest BCUT2D eigenvalue weighted by molar-refractivity contribution is 0.109. The zero-order valence-corrected chi connectivity index (χ0v) is 10.6. The van der Waals surface area contributed by atoms with Gasteiger partial charge in [0, 0.05) is 19.6 Å². The smallest absolute Gasteiger partial charge is 0.228 e. The van der Waals surface area contributed by atoms with Crippen LogP contribution in [0.15, 0.2) is 4.52 Å². The summed E-state index contributed by atoms with van der Waals surface area (Å²) in [4.78, 5) is 4.31.